The normalized spacial score (nSPS) is 22.8. The molecule has 0 saturated heterocycles. The van der Waals surface area contributed by atoms with Crippen LogP contribution in [-0.4, -0.2) is 64.3 Å². The highest BCUT2D eigenvalue weighted by molar-refractivity contribution is 5.81. The Balaban J connectivity index is 1.31. The first kappa shape index (κ1) is 26.3. The van der Waals surface area contributed by atoms with Crippen LogP contribution in [0, 0.1) is 17.8 Å². The average molecular weight is 437 g/mol. The molecule has 0 aromatic carbocycles. The van der Waals surface area contributed by atoms with Crippen LogP contribution in [0.4, 0.5) is 0 Å². The van der Waals surface area contributed by atoms with Gasteiger partial charge in [0.2, 0.25) is 5.91 Å². The van der Waals surface area contributed by atoms with Crippen molar-refractivity contribution in [1.82, 2.24) is 21.3 Å². The van der Waals surface area contributed by atoms with Gasteiger partial charge in [0.15, 0.2) is 0 Å². The van der Waals surface area contributed by atoms with E-state index in [9.17, 15) is 4.79 Å². The molecule has 7 heteroatoms. The Bertz CT molecular complexity index is 500. The lowest BCUT2D eigenvalue weighted by Crippen LogP contribution is -2.41. The first-order chi connectivity index (χ1) is 15.2. The smallest absolute Gasteiger partial charge is 0.236 e. The number of amides is 1. The second-order valence-electron chi connectivity index (χ2n) is 9.34. The maximum atomic E-state index is 12.1. The van der Waals surface area contributed by atoms with Crippen molar-refractivity contribution >= 4 is 5.91 Å². The molecule has 2 bridgehead atoms. The van der Waals surface area contributed by atoms with Crippen molar-refractivity contribution in [2.45, 2.75) is 63.8 Å². The fourth-order valence-corrected chi connectivity index (χ4v) is 4.70. The molecule has 2 aliphatic rings. The van der Waals surface area contributed by atoms with E-state index < -0.39 is 0 Å². The molecule has 8 N–H and O–H groups in total. The van der Waals surface area contributed by atoms with Gasteiger partial charge >= 0.3 is 0 Å². The van der Waals surface area contributed by atoms with Gasteiger partial charge in [0.25, 0.3) is 0 Å². The van der Waals surface area contributed by atoms with Crippen LogP contribution in [0.3, 0.4) is 0 Å². The van der Waals surface area contributed by atoms with Gasteiger partial charge in [-0.3, -0.25) is 4.79 Å². The second kappa shape index (κ2) is 16.6. The number of rotatable bonds is 20. The Labute approximate surface area is 189 Å². The number of unbranched alkanes of at least 4 members (excludes halogenated alkanes) is 2. The van der Waals surface area contributed by atoms with Gasteiger partial charge in [-0.15, -0.1) is 0 Å². The zero-order chi connectivity index (χ0) is 22.2. The van der Waals surface area contributed by atoms with E-state index in [0.29, 0.717) is 6.54 Å². The first-order valence-corrected chi connectivity index (χ1v) is 12.7. The minimum atomic E-state index is -0.379. The Kier molecular flexibility index (Phi) is 14.1. The quantitative estimate of drug-likeness (QED) is 0.126. The lowest BCUT2D eigenvalue weighted by molar-refractivity contribution is -0.122. The molecular weight excluding hydrogens is 388 g/mol. The number of nitrogens with one attached hydrogen (secondary N) is 4. The average Bonchev–Trinajstić information content (AvgIpc) is 3.40. The van der Waals surface area contributed by atoms with E-state index in [1.165, 1.54) is 25.7 Å². The molecule has 180 valence electrons. The molecular formula is C24H48N6O. The topological polar surface area (TPSA) is 117 Å². The Morgan fingerprint density at radius 3 is 2.19 bits per heavy atom. The molecule has 2 rings (SSSR count). The SMILES string of the molecule is NCCCNCCCCNCCCNC(=O)[C@@H](N)CCCCNCC1CC2C=CC1C2. The highest BCUT2D eigenvalue weighted by atomic mass is 16.2. The van der Waals surface area contributed by atoms with Crippen molar-refractivity contribution in [3.05, 3.63) is 12.2 Å². The van der Waals surface area contributed by atoms with E-state index in [4.69, 9.17) is 11.5 Å². The van der Waals surface area contributed by atoms with Crippen LogP contribution in [0.25, 0.3) is 0 Å². The van der Waals surface area contributed by atoms with Crippen LogP contribution in [0.5, 0.6) is 0 Å². The highest BCUT2D eigenvalue weighted by Gasteiger charge is 2.34. The van der Waals surface area contributed by atoms with Crippen LogP contribution in [0.1, 0.15) is 57.8 Å². The van der Waals surface area contributed by atoms with Gasteiger partial charge in [0, 0.05) is 6.54 Å². The third-order valence-electron chi connectivity index (χ3n) is 6.62. The summed E-state index contributed by atoms with van der Waals surface area (Å²) in [5, 5.41) is 13.4. The van der Waals surface area contributed by atoms with E-state index in [0.717, 1.165) is 95.7 Å². The number of nitrogens with two attached hydrogens (primary N) is 2. The Morgan fingerprint density at radius 2 is 1.52 bits per heavy atom. The van der Waals surface area contributed by atoms with Crippen LogP contribution in [0.2, 0.25) is 0 Å². The maximum absolute atomic E-state index is 12.1. The molecule has 7 nitrogen and oxygen atoms in total. The van der Waals surface area contributed by atoms with E-state index in [-0.39, 0.29) is 11.9 Å². The lowest BCUT2D eigenvalue weighted by atomic mass is 9.93. The number of fused-ring (bicyclic) bond motifs is 2. The molecule has 0 spiro atoms. The van der Waals surface area contributed by atoms with Gasteiger partial charge in [0.1, 0.15) is 0 Å². The van der Waals surface area contributed by atoms with E-state index in [1.54, 1.807) is 0 Å². The molecule has 0 radical (unpaired) electrons. The maximum Gasteiger partial charge on any atom is 0.236 e. The summed E-state index contributed by atoms with van der Waals surface area (Å²) in [5.74, 6) is 2.49. The highest BCUT2D eigenvalue weighted by Crippen LogP contribution is 2.42. The molecule has 1 fully saturated rings. The molecule has 2 aliphatic carbocycles. The summed E-state index contributed by atoms with van der Waals surface area (Å²) in [7, 11) is 0. The number of carbonyl (C=O) groups excluding carboxylic acids is 1. The van der Waals surface area contributed by atoms with Crippen LogP contribution in [0.15, 0.2) is 12.2 Å². The summed E-state index contributed by atoms with van der Waals surface area (Å²) < 4.78 is 0. The zero-order valence-corrected chi connectivity index (χ0v) is 19.5. The van der Waals surface area contributed by atoms with Crippen molar-refractivity contribution < 1.29 is 4.79 Å². The predicted octanol–water partition coefficient (Wildman–Crippen LogP) is 1.10. The summed E-state index contributed by atoms with van der Waals surface area (Å²) in [5.41, 5.74) is 11.5. The number of carbonyl (C=O) groups is 1. The third-order valence-corrected chi connectivity index (χ3v) is 6.62. The van der Waals surface area contributed by atoms with Crippen LogP contribution < -0.4 is 32.7 Å². The summed E-state index contributed by atoms with van der Waals surface area (Å²) in [6.07, 6.45) is 14.7. The van der Waals surface area contributed by atoms with Crippen molar-refractivity contribution in [1.29, 1.82) is 0 Å². The summed E-state index contributed by atoms with van der Waals surface area (Å²) >= 11 is 0. The number of hydrogen-bond acceptors (Lipinski definition) is 6. The van der Waals surface area contributed by atoms with E-state index >= 15 is 0 Å². The van der Waals surface area contributed by atoms with Gasteiger partial charge in [0.05, 0.1) is 6.04 Å². The molecule has 1 saturated carbocycles. The Morgan fingerprint density at radius 1 is 0.839 bits per heavy atom. The van der Waals surface area contributed by atoms with Gasteiger partial charge in [-0.1, -0.05) is 18.6 Å². The molecule has 3 unspecified atom stereocenters. The van der Waals surface area contributed by atoms with Crippen molar-refractivity contribution in [2.75, 3.05) is 52.4 Å². The number of hydrogen-bond donors (Lipinski definition) is 6. The molecule has 0 heterocycles. The summed E-state index contributed by atoms with van der Waals surface area (Å²) in [6, 6.07) is -0.379. The summed E-state index contributed by atoms with van der Waals surface area (Å²) in [6.45, 7) is 7.65. The van der Waals surface area contributed by atoms with E-state index in [2.05, 4.69) is 33.4 Å². The van der Waals surface area contributed by atoms with Crippen molar-refractivity contribution in [3.63, 3.8) is 0 Å². The molecule has 31 heavy (non-hydrogen) atoms. The first-order valence-electron chi connectivity index (χ1n) is 12.7. The molecule has 0 aromatic rings. The zero-order valence-electron chi connectivity index (χ0n) is 19.5. The minimum Gasteiger partial charge on any atom is -0.355 e. The van der Waals surface area contributed by atoms with Crippen molar-refractivity contribution in [2.24, 2.45) is 29.2 Å². The fourth-order valence-electron chi connectivity index (χ4n) is 4.70. The predicted molar refractivity (Wildman–Crippen MR) is 130 cm³/mol. The largest absolute Gasteiger partial charge is 0.355 e. The molecule has 1 amide bonds. The van der Waals surface area contributed by atoms with Crippen LogP contribution in [-0.2, 0) is 4.79 Å². The Hall–Kier alpha value is -0.990. The van der Waals surface area contributed by atoms with E-state index in [1.807, 2.05) is 0 Å². The molecule has 4 atom stereocenters. The van der Waals surface area contributed by atoms with Gasteiger partial charge in [-0.05, 0) is 115 Å². The third kappa shape index (κ3) is 11.4. The van der Waals surface area contributed by atoms with Gasteiger partial charge < -0.3 is 32.7 Å². The standard InChI is InChI=1S/C24H48N6O/c25-10-5-14-27-11-3-4-12-28-15-6-16-30-24(31)23(26)7-1-2-13-29-19-22-18-20-8-9-21(22)17-20/h8-9,20-23,27-29H,1-7,10-19,25-26H2,(H,30,31)/t20?,21?,22?,23-/m0/s1. The number of allylic oxidation sites excluding steroid dienone is 2. The fraction of sp³-hybridized carbons (Fsp3) is 0.875. The molecule has 0 aromatic heterocycles. The van der Waals surface area contributed by atoms with Crippen molar-refractivity contribution in [3.8, 4) is 0 Å². The van der Waals surface area contributed by atoms with Crippen LogP contribution >= 0.6 is 0 Å². The minimum absolute atomic E-state index is 0.00900. The monoisotopic (exact) mass is 436 g/mol. The van der Waals surface area contributed by atoms with Gasteiger partial charge in [-0.2, -0.15) is 0 Å². The second-order valence-corrected chi connectivity index (χ2v) is 9.34. The summed E-state index contributed by atoms with van der Waals surface area (Å²) in [4.78, 5) is 12.1. The molecule has 0 aliphatic heterocycles. The van der Waals surface area contributed by atoms with Gasteiger partial charge in [-0.25, -0.2) is 0 Å². The lowest BCUT2D eigenvalue weighted by Gasteiger charge is -2.18.